The molecule has 1 aromatic heterocycles. The van der Waals surface area contributed by atoms with Crippen LogP contribution in [0.4, 0.5) is 5.13 Å². The second-order valence-electron chi connectivity index (χ2n) is 8.98. The smallest absolute Gasteiger partial charge is 0.233 e. The van der Waals surface area contributed by atoms with Crippen molar-refractivity contribution in [2.24, 2.45) is 0 Å². The van der Waals surface area contributed by atoms with E-state index < -0.39 is 15.1 Å². The van der Waals surface area contributed by atoms with Crippen LogP contribution in [0, 0.1) is 13.8 Å². The first-order chi connectivity index (χ1) is 15.6. The number of benzene rings is 2. The first kappa shape index (κ1) is 23.9. The molecule has 3 aromatic rings. The van der Waals surface area contributed by atoms with Crippen molar-refractivity contribution < 1.29 is 17.9 Å². The number of ether oxygens (including phenoxy) is 1. The number of carbonyl (C=O) groups is 1. The summed E-state index contributed by atoms with van der Waals surface area (Å²) in [5.74, 6) is -0.0709. The summed E-state index contributed by atoms with van der Waals surface area (Å²) in [7, 11) is -3.34. The number of anilines is 1. The maximum Gasteiger partial charge on any atom is 0.233 e. The molecular weight excluding hydrogens is 456 g/mol. The second-order valence-corrected chi connectivity index (χ2v) is 12.5. The number of fused-ring (bicyclic) bond motifs is 1. The molecule has 0 saturated carbocycles. The fraction of sp³-hybridized carbons (Fsp3) is 0.440. The third-order valence-corrected chi connectivity index (χ3v) is 9.18. The topological polar surface area (TPSA) is 76.6 Å². The molecule has 1 atom stereocenters. The zero-order valence-electron chi connectivity index (χ0n) is 19.5. The van der Waals surface area contributed by atoms with Crippen molar-refractivity contribution in [3.05, 3.63) is 53.1 Å². The third-order valence-electron chi connectivity index (χ3n) is 5.99. The molecule has 33 heavy (non-hydrogen) atoms. The molecule has 0 N–H and O–H groups in total. The summed E-state index contributed by atoms with van der Waals surface area (Å²) in [5.41, 5.74) is 3.96. The number of hydrogen-bond acceptors (Lipinski definition) is 6. The molecule has 1 unspecified atom stereocenters. The number of nitrogens with zero attached hydrogens (tertiary/aromatic N) is 2. The molecule has 0 bridgehead atoms. The molecule has 8 heteroatoms. The Kier molecular flexibility index (Phi) is 6.88. The lowest BCUT2D eigenvalue weighted by molar-refractivity contribution is -0.118. The average Bonchev–Trinajstić information content (AvgIpc) is 3.42. The van der Waals surface area contributed by atoms with Gasteiger partial charge >= 0.3 is 0 Å². The van der Waals surface area contributed by atoms with Gasteiger partial charge in [0.15, 0.2) is 15.0 Å². The molecule has 0 aliphatic carbocycles. The average molecular weight is 487 g/mol. The van der Waals surface area contributed by atoms with Crippen molar-refractivity contribution in [3.63, 3.8) is 0 Å². The van der Waals surface area contributed by atoms with Crippen molar-refractivity contribution in [3.8, 4) is 0 Å². The van der Waals surface area contributed by atoms with E-state index in [9.17, 15) is 13.2 Å². The summed E-state index contributed by atoms with van der Waals surface area (Å²) in [6, 6.07) is 10.8. The number of aromatic nitrogens is 1. The van der Waals surface area contributed by atoms with Crippen molar-refractivity contribution in [2.75, 3.05) is 18.1 Å². The monoisotopic (exact) mass is 486 g/mol. The maximum absolute atomic E-state index is 13.4. The molecule has 2 aromatic carbocycles. The highest BCUT2D eigenvalue weighted by Gasteiger charge is 2.27. The second kappa shape index (κ2) is 9.52. The van der Waals surface area contributed by atoms with E-state index in [1.54, 1.807) is 43.0 Å². The van der Waals surface area contributed by atoms with Gasteiger partial charge in [0.2, 0.25) is 5.91 Å². The highest BCUT2D eigenvalue weighted by Crippen LogP contribution is 2.33. The number of thiazole rings is 1. The lowest BCUT2D eigenvalue weighted by Gasteiger charge is -2.23. The van der Waals surface area contributed by atoms with Crippen LogP contribution in [-0.4, -0.2) is 43.8 Å². The van der Waals surface area contributed by atoms with E-state index in [1.165, 1.54) is 16.9 Å². The predicted octanol–water partition coefficient (Wildman–Crippen LogP) is 4.85. The normalized spacial score (nSPS) is 16.6. The van der Waals surface area contributed by atoms with Gasteiger partial charge < -0.3 is 4.74 Å². The number of amides is 1. The van der Waals surface area contributed by atoms with E-state index in [-0.39, 0.29) is 23.3 Å². The summed E-state index contributed by atoms with van der Waals surface area (Å²) in [6.07, 6.45) is 2.09. The van der Waals surface area contributed by atoms with Crippen LogP contribution in [0.3, 0.4) is 0 Å². The van der Waals surface area contributed by atoms with E-state index in [1.807, 2.05) is 6.92 Å². The predicted molar refractivity (Wildman–Crippen MR) is 133 cm³/mol. The van der Waals surface area contributed by atoms with Crippen molar-refractivity contribution >= 4 is 42.4 Å². The maximum atomic E-state index is 13.4. The van der Waals surface area contributed by atoms with Crippen LogP contribution in [0.5, 0.6) is 0 Å². The molecule has 1 amide bonds. The van der Waals surface area contributed by atoms with E-state index >= 15 is 0 Å². The minimum absolute atomic E-state index is 0.00218. The number of hydrogen-bond donors (Lipinski definition) is 0. The van der Waals surface area contributed by atoms with Gasteiger partial charge in [-0.05, 0) is 75.4 Å². The van der Waals surface area contributed by atoms with Gasteiger partial charge in [0.05, 0.1) is 39.4 Å². The van der Waals surface area contributed by atoms with Crippen molar-refractivity contribution in [2.45, 2.75) is 63.2 Å². The molecule has 1 saturated heterocycles. The van der Waals surface area contributed by atoms with Crippen molar-refractivity contribution in [1.82, 2.24) is 4.98 Å². The minimum Gasteiger partial charge on any atom is -0.376 e. The van der Waals surface area contributed by atoms with Crippen LogP contribution >= 0.6 is 11.3 Å². The van der Waals surface area contributed by atoms with Crippen LogP contribution in [0.1, 0.15) is 43.4 Å². The summed E-state index contributed by atoms with van der Waals surface area (Å²) in [5, 5.41) is 0.191. The summed E-state index contributed by atoms with van der Waals surface area (Å²) >= 11 is 1.52. The molecule has 2 heterocycles. The van der Waals surface area contributed by atoms with Gasteiger partial charge in [-0.15, -0.1) is 0 Å². The Labute approximate surface area is 199 Å². The summed E-state index contributed by atoms with van der Waals surface area (Å²) < 4.78 is 31.7. The SMILES string of the molecule is Cc1cc(C)c2nc(N(CC3CCCO3)C(=O)Cc3ccc(S(=O)(=O)C(C)C)cc3)sc2c1. The lowest BCUT2D eigenvalue weighted by atomic mass is 10.1. The standard InChI is InChI=1S/C25H30N2O4S2/c1-16(2)33(29,30)21-9-7-19(8-10-21)14-23(28)27(15-20-6-5-11-31-20)25-26-24-18(4)12-17(3)13-22(24)32-25/h7-10,12-13,16,20H,5-6,11,14-15H2,1-4H3. The van der Waals surface area contributed by atoms with Gasteiger partial charge in [-0.2, -0.15) is 0 Å². The van der Waals surface area contributed by atoms with Gasteiger partial charge in [0.25, 0.3) is 0 Å². The molecule has 1 aliphatic rings. The molecule has 4 rings (SSSR count). The van der Waals surface area contributed by atoms with Crippen LogP contribution in [-0.2, 0) is 25.8 Å². The number of sulfone groups is 1. The molecule has 1 aliphatic heterocycles. The van der Waals surface area contributed by atoms with Gasteiger partial charge in [0.1, 0.15) is 0 Å². The van der Waals surface area contributed by atoms with Crippen molar-refractivity contribution in [1.29, 1.82) is 0 Å². The van der Waals surface area contributed by atoms with Crippen LogP contribution < -0.4 is 4.90 Å². The molecule has 176 valence electrons. The molecule has 6 nitrogen and oxygen atoms in total. The summed E-state index contributed by atoms with van der Waals surface area (Å²) in [4.78, 5) is 20.3. The molecular formula is C25H30N2O4S2. The first-order valence-electron chi connectivity index (χ1n) is 11.3. The Bertz CT molecular complexity index is 1260. The van der Waals surface area contributed by atoms with Crippen LogP contribution in [0.25, 0.3) is 10.2 Å². The van der Waals surface area contributed by atoms with Crippen LogP contribution in [0.2, 0.25) is 0 Å². The Hall–Kier alpha value is -2.29. The Morgan fingerprint density at radius 1 is 1.21 bits per heavy atom. The van der Waals surface area contributed by atoms with Gasteiger partial charge in [-0.25, -0.2) is 13.4 Å². The Morgan fingerprint density at radius 3 is 2.58 bits per heavy atom. The van der Waals surface area contributed by atoms with E-state index in [2.05, 4.69) is 19.1 Å². The van der Waals surface area contributed by atoms with E-state index in [4.69, 9.17) is 9.72 Å². The van der Waals surface area contributed by atoms with Crippen LogP contribution in [0.15, 0.2) is 41.3 Å². The van der Waals surface area contributed by atoms with Gasteiger partial charge in [-0.1, -0.05) is 29.5 Å². The third kappa shape index (κ3) is 5.13. The highest BCUT2D eigenvalue weighted by atomic mass is 32.2. The minimum atomic E-state index is -3.34. The Balaban J connectivity index is 1.61. The van der Waals surface area contributed by atoms with E-state index in [0.717, 1.165) is 40.8 Å². The zero-order valence-corrected chi connectivity index (χ0v) is 21.1. The molecule has 0 radical (unpaired) electrons. The van der Waals surface area contributed by atoms with E-state index in [0.29, 0.717) is 11.7 Å². The zero-order chi connectivity index (χ0) is 23.8. The quantitative estimate of drug-likeness (QED) is 0.477. The molecule has 0 spiro atoms. The highest BCUT2D eigenvalue weighted by molar-refractivity contribution is 7.92. The van der Waals surface area contributed by atoms with Gasteiger partial charge in [0, 0.05) is 6.61 Å². The van der Waals surface area contributed by atoms with Gasteiger partial charge in [-0.3, -0.25) is 9.69 Å². The fourth-order valence-electron chi connectivity index (χ4n) is 4.09. The number of rotatable bonds is 7. The largest absolute Gasteiger partial charge is 0.376 e. The number of carbonyl (C=O) groups excluding carboxylic acids is 1. The first-order valence-corrected chi connectivity index (χ1v) is 13.6. The summed E-state index contributed by atoms with van der Waals surface area (Å²) in [6.45, 7) is 8.61. The fourth-order valence-corrected chi connectivity index (χ4v) is 6.32. The number of aryl methyl sites for hydroxylation is 2. The lowest BCUT2D eigenvalue weighted by Crippen LogP contribution is -2.38. The molecule has 1 fully saturated rings. The Morgan fingerprint density at radius 2 is 1.94 bits per heavy atom.